The second-order valence-corrected chi connectivity index (χ2v) is 5.90. The quantitative estimate of drug-likeness (QED) is 0.755. The summed E-state index contributed by atoms with van der Waals surface area (Å²) in [4.78, 5) is 14.2. The van der Waals surface area contributed by atoms with E-state index in [-0.39, 0.29) is 5.78 Å². The van der Waals surface area contributed by atoms with Crippen molar-refractivity contribution in [1.29, 1.82) is 5.26 Å². The van der Waals surface area contributed by atoms with E-state index in [1.54, 1.807) is 0 Å². The SMILES string of the molecule is CCC(C)N(C)CCNc1sc(C(C)=O)c(N)c1C#N. The van der Waals surface area contributed by atoms with Crippen molar-refractivity contribution in [3.8, 4) is 6.07 Å². The number of nitriles is 1. The second kappa shape index (κ2) is 7.27. The molecule has 110 valence electrons. The summed E-state index contributed by atoms with van der Waals surface area (Å²) in [5.41, 5.74) is 6.51. The van der Waals surface area contributed by atoms with Gasteiger partial charge in [0.25, 0.3) is 0 Å². The number of carbonyl (C=O) groups is 1. The van der Waals surface area contributed by atoms with Crippen molar-refractivity contribution in [1.82, 2.24) is 4.90 Å². The van der Waals surface area contributed by atoms with Crippen LogP contribution in [0.4, 0.5) is 10.7 Å². The molecule has 1 unspecified atom stereocenters. The van der Waals surface area contributed by atoms with Gasteiger partial charge in [0.1, 0.15) is 16.6 Å². The number of thiophene rings is 1. The van der Waals surface area contributed by atoms with Gasteiger partial charge in [-0.2, -0.15) is 5.26 Å². The Bertz CT molecular complexity index is 518. The summed E-state index contributed by atoms with van der Waals surface area (Å²) >= 11 is 1.26. The smallest absolute Gasteiger partial charge is 0.171 e. The van der Waals surface area contributed by atoms with Crippen LogP contribution < -0.4 is 11.1 Å². The molecule has 1 atom stereocenters. The minimum Gasteiger partial charge on any atom is -0.396 e. The van der Waals surface area contributed by atoms with E-state index in [0.29, 0.717) is 33.7 Å². The van der Waals surface area contributed by atoms with Crippen LogP contribution in [0.1, 0.15) is 42.4 Å². The maximum absolute atomic E-state index is 11.4. The third-order valence-electron chi connectivity index (χ3n) is 3.47. The average Bonchev–Trinajstić information content (AvgIpc) is 2.74. The highest BCUT2D eigenvalue weighted by Gasteiger charge is 2.18. The van der Waals surface area contributed by atoms with Crippen LogP contribution in [0.5, 0.6) is 0 Å². The number of carbonyl (C=O) groups excluding carboxylic acids is 1. The number of anilines is 2. The summed E-state index contributed by atoms with van der Waals surface area (Å²) in [6.07, 6.45) is 1.10. The topological polar surface area (TPSA) is 82.2 Å². The van der Waals surface area contributed by atoms with Crippen LogP contribution >= 0.6 is 11.3 Å². The maximum Gasteiger partial charge on any atom is 0.171 e. The molecule has 0 saturated heterocycles. The van der Waals surface area contributed by atoms with Crippen LogP contribution in [-0.2, 0) is 0 Å². The summed E-state index contributed by atoms with van der Waals surface area (Å²) in [5.74, 6) is -0.103. The summed E-state index contributed by atoms with van der Waals surface area (Å²) in [7, 11) is 2.07. The monoisotopic (exact) mass is 294 g/mol. The molecule has 0 fully saturated rings. The average molecular weight is 294 g/mol. The largest absolute Gasteiger partial charge is 0.396 e. The molecular formula is C14H22N4OS. The van der Waals surface area contributed by atoms with Crippen molar-refractivity contribution in [2.75, 3.05) is 31.2 Å². The van der Waals surface area contributed by atoms with Gasteiger partial charge in [0.2, 0.25) is 0 Å². The molecule has 0 spiro atoms. The highest BCUT2D eigenvalue weighted by molar-refractivity contribution is 7.18. The molecule has 0 aromatic carbocycles. The number of hydrogen-bond donors (Lipinski definition) is 2. The van der Waals surface area contributed by atoms with Crippen LogP contribution in [0.2, 0.25) is 0 Å². The fourth-order valence-electron chi connectivity index (χ4n) is 1.82. The first kappa shape index (κ1) is 16.5. The van der Waals surface area contributed by atoms with Crippen LogP contribution in [0.3, 0.4) is 0 Å². The number of ketones is 1. The maximum atomic E-state index is 11.4. The minimum atomic E-state index is -0.103. The van der Waals surface area contributed by atoms with Crippen molar-refractivity contribution in [2.24, 2.45) is 0 Å². The number of nitrogens with two attached hydrogens (primary N) is 1. The van der Waals surface area contributed by atoms with Crippen molar-refractivity contribution in [2.45, 2.75) is 33.2 Å². The molecule has 0 aliphatic rings. The number of hydrogen-bond acceptors (Lipinski definition) is 6. The molecule has 5 nitrogen and oxygen atoms in total. The molecule has 1 rings (SSSR count). The van der Waals surface area contributed by atoms with Gasteiger partial charge in [-0.1, -0.05) is 6.92 Å². The third-order valence-corrected chi connectivity index (χ3v) is 4.73. The predicted octanol–water partition coefficient (Wildman–Crippen LogP) is 2.55. The number of nitrogens with zero attached hydrogens (tertiary/aromatic N) is 2. The van der Waals surface area contributed by atoms with Crippen LogP contribution in [-0.4, -0.2) is 36.9 Å². The lowest BCUT2D eigenvalue weighted by atomic mass is 10.2. The van der Waals surface area contributed by atoms with Gasteiger partial charge in [-0.05, 0) is 20.4 Å². The number of nitrogen functional groups attached to an aromatic ring is 1. The second-order valence-electron chi connectivity index (χ2n) is 4.88. The molecule has 0 aliphatic heterocycles. The molecule has 6 heteroatoms. The molecule has 1 heterocycles. The lowest BCUT2D eigenvalue weighted by Gasteiger charge is -2.23. The first-order valence-corrected chi connectivity index (χ1v) is 7.51. The summed E-state index contributed by atoms with van der Waals surface area (Å²) in [5, 5.41) is 13.0. The molecule has 1 aromatic rings. The normalized spacial score (nSPS) is 12.2. The molecular weight excluding hydrogens is 272 g/mol. The Morgan fingerprint density at radius 1 is 1.60 bits per heavy atom. The van der Waals surface area contributed by atoms with Crippen molar-refractivity contribution in [3.63, 3.8) is 0 Å². The zero-order chi connectivity index (χ0) is 15.3. The first-order chi connectivity index (χ1) is 9.42. The van der Waals surface area contributed by atoms with E-state index in [9.17, 15) is 4.79 Å². The summed E-state index contributed by atoms with van der Waals surface area (Å²) < 4.78 is 0. The van der Waals surface area contributed by atoms with E-state index in [4.69, 9.17) is 11.0 Å². The van der Waals surface area contributed by atoms with Gasteiger partial charge in [-0.3, -0.25) is 4.79 Å². The van der Waals surface area contributed by atoms with Crippen LogP contribution in [0.15, 0.2) is 0 Å². The van der Waals surface area contributed by atoms with E-state index < -0.39 is 0 Å². The van der Waals surface area contributed by atoms with Crippen molar-refractivity contribution < 1.29 is 4.79 Å². The van der Waals surface area contributed by atoms with Gasteiger partial charge in [0, 0.05) is 26.1 Å². The Morgan fingerprint density at radius 3 is 2.75 bits per heavy atom. The third kappa shape index (κ3) is 3.71. The lowest BCUT2D eigenvalue weighted by molar-refractivity contribution is 0.102. The molecule has 20 heavy (non-hydrogen) atoms. The number of rotatable bonds is 7. The lowest BCUT2D eigenvalue weighted by Crippen LogP contribution is -2.32. The van der Waals surface area contributed by atoms with Crippen LogP contribution in [0, 0.1) is 11.3 Å². The first-order valence-electron chi connectivity index (χ1n) is 6.69. The highest BCUT2D eigenvalue weighted by Crippen LogP contribution is 2.35. The molecule has 0 aliphatic carbocycles. The molecule has 3 N–H and O–H groups in total. The van der Waals surface area contributed by atoms with E-state index in [1.165, 1.54) is 18.3 Å². The number of nitrogens with one attached hydrogen (secondary N) is 1. The van der Waals surface area contributed by atoms with Gasteiger partial charge < -0.3 is 16.0 Å². The van der Waals surface area contributed by atoms with Crippen LogP contribution in [0.25, 0.3) is 0 Å². The predicted molar refractivity (Wildman–Crippen MR) is 84.3 cm³/mol. The fraction of sp³-hybridized carbons (Fsp3) is 0.571. The summed E-state index contributed by atoms with van der Waals surface area (Å²) in [6, 6.07) is 2.59. The Hall–Kier alpha value is -1.58. The fourth-order valence-corrected chi connectivity index (χ4v) is 2.81. The van der Waals surface area contributed by atoms with Gasteiger partial charge in [0.05, 0.1) is 10.6 Å². The van der Waals surface area contributed by atoms with Crippen molar-refractivity contribution in [3.05, 3.63) is 10.4 Å². The molecule has 0 bridgehead atoms. The Morgan fingerprint density at radius 2 is 2.25 bits per heavy atom. The van der Waals surface area contributed by atoms with Gasteiger partial charge in [-0.15, -0.1) is 11.3 Å². The zero-order valence-electron chi connectivity index (χ0n) is 12.5. The van der Waals surface area contributed by atoms with Crippen molar-refractivity contribution >= 4 is 27.8 Å². The standard InChI is InChI=1S/C14H22N4OS/c1-5-9(2)18(4)7-6-17-14-11(8-15)12(16)13(20-14)10(3)19/h9,17H,5-7,16H2,1-4H3. The van der Waals surface area contributed by atoms with Gasteiger partial charge in [-0.25, -0.2) is 0 Å². The highest BCUT2D eigenvalue weighted by atomic mass is 32.1. The molecule has 1 aromatic heterocycles. The minimum absolute atomic E-state index is 0.103. The number of likely N-dealkylation sites (N-methyl/N-ethyl adjacent to an activating group) is 1. The van der Waals surface area contributed by atoms with E-state index in [0.717, 1.165) is 13.0 Å². The Kier molecular flexibility index (Phi) is 5.99. The van der Waals surface area contributed by atoms with E-state index in [1.807, 2.05) is 0 Å². The number of Topliss-reactive ketones (excluding diaryl/α,β-unsaturated/α-hetero) is 1. The van der Waals surface area contributed by atoms with E-state index >= 15 is 0 Å². The zero-order valence-corrected chi connectivity index (χ0v) is 13.3. The summed E-state index contributed by atoms with van der Waals surface area (Å²) in [6.45, 7) is 7.38. The molecule has 0 radical (unpaired) electrons. The van der Waals surface area contributed by atoms with E-state index in [2.05, 4.69) is 37.2 Å². The Labute approximate surface area is 124 Å². The molecule has 0 saturated carbocycles. The van der Waals surface area contributed by atoms with Gasteiger partial charge >= 0.3 is 0 Å². The Balaban J connectivity index is 2.72. The molecule has 0 amide bonds. The van der Waals surface area contributed by atoms with Gasteiger partial charge in [0.15, 0.2) is 5.78 Å².